The zero-order chi connectivity index (χ0) is 13.3. The van der Waals surface area contributed by atoms with Gasteiger partial charge in [-0.1, -0.05) is 13.3 Å². The number of hydrogen-bond donors (Lipinski definition) is 1. The monoisotopic (exact) mass is 262 g/mol. The van der Waals surface area contributed by atoms with Gasteiger partial charge in [0.15, 0.2) is 0 Å². The van der Waals surface area contributed by atoms with Crippen LogP contribution in [0.5, 0.6) is 0 Å². The van der Waals surface area contributed by atoms with Crippen molar-refractivity contribution < 1.29 is 18.3 Å². The van der Waals surface area contributed by atoms with Crippen LogP contribution in [-0.2, 0) is 6.18 Å². The number of alkyl halides is 3. The van der Waals surface area contributed by atoms with Gasteiger partial charge < -0.3 is 5.11 Å². The first-order valence-corrected chi connectivity index (χ1v) is 6.21. The molecule has 0 aliphatic heterocycles. The number of halogens is 3. The van der Waals surface area contributed by atoms with Crippen LogP contribution < -0.4 is 0 Å². The second kappa shape index (κ2) is 4.91. The average Bonchev–Trinajstić information content (AvgIpc) is 2.78. The number of rotatable bonds is 2. The number of aliphatic hydroxyl groups is 1. The van der Waals surface area contributed by atoms with E-state index in [4.69, 9.17) is 0 Å². The summed E-state index contributed by atoms with van der Waals surface area (Å²) < 4.78 is 38.8. The van der Waals surface area contributed by atoms with Crippen LogP contribution in [0.2, 0.25) is 0 Å². The molecule has 1 aliphatic rings. The molecule has 1 aromatic rings. The maximum atomic E-state index is 12.5. The largest absolute Gasteiger partial charge is 0.419 e. The standard InChI is InChI=1S/C12H17F3N2O/c1-2-8-3-4-11(18)10(5-8)17-7-9(6-16-17)12(13,14)15/h6-8,10-11,18H,2-5H2,1H3. The number of aliphatic hydroxyl groups excluding tert-OH is 1. The first-order chi connectivity index (χ1) is 8.41. The molecule has 6 heteroatoms. The van der Waals surface area contributed by atoms with Crippen molar-refractivity contribution in [3.8, 4) is 0 Å². The molecule has 0 amide bonds. The van der Waals surface area contributed by atoms with Crippen LogP contribution in [0.4, 0.5) is 13.2 Å². The molecular weight excluding hydrogens is 245 g/mol. The lowest BCUT2D eigenvalue weighted by atomic mass is 9.82. The van der Waals surface area contributed by atoms with E-state index in [1.807, 2.05) is 0 Å². The Morgan fingerprint density at radius 3 is 2.72 bits per heavy atom. The van der Waals surface area contributed by atoms with Gasteiger partial charge in [-0.15, -0.1) is 0 Å². The molecule has 1 saturated carbocycles. The van der Waals surface area contributed by atoms with Gasteiger partial charge in [0.1, 0.15) is 0 Å². The quantitative estimate of drug-likeness (QED) is 0.889. The van der Waals surface area contributed by atoms with Crippen molar-refractivity contribution >= 4 is 0 Å². The Hall–Kier alpha value is -1.04. The molecule has 1 N–H and O–H groups in total. The van der Waals surface area contributed by atoms with Gasteiger partial charge in [-0.05, 0) is 25.2 Å². The van der Waals surface area contributed by atoms with Crippen LogP contribution >= 0.6 is 0 Å². The van der Waals surface area contributed by atoms with Crippen LogP contribution in [-0.4, -0.2) is 21.0 Å². The Morgan fingerprint density at radius 2 is 2.17 bits per heavy atom. The second-order valence-corrected chi connectivity index (χ2v) is 4.93. The van der Waals surface area contributed by atoms with Gasteiger partial charge in [0.2, 0.25) is 0 Å². The van der Waals surface area contributed by atoms with E-state index < -0.39 is 17.8 Å². The van der Waals surface area contributed by atoms with Crippen molar-refractivity contribution in [2.24, 2.45) is 5.92 Å². The zero-order valence-electron chi connectivity index (χ0n) is 10.2. The zero-order valence-corrected chi connectivity index (χ0v) is 10.2. The summed E-state index contributed by atoms with van der Waals surface area (Å²) in [5.74, 6) is 0.455. The molecule has 0 spiro atoms. The third-order valence-corrected chi connectivity index (χ3v) is 3.74. The van der Waals surface area contributed by atoms with E-state index in [-0.39, 0.29) is 6.04 Å². The highest BCUT2D eigenvalue weighted by molar-refractivity contribution is 5.09. The molecule has 0 bridgehead atoms. The highest BCUT2D eigenvalue weighted by Gasteiger charge is 2.35. The Balaban J connectivity index is 2.17. The van der Waals surface area contributed by atoms with Crippen LogP contribution in [0, 0.1) is 5.92 Å². The summed E-state index contributed by atoms with van der Waals surface area (Å²) in [5.41, 5.74) is -0.756. The maximum Gasteiger partial charge on any atom is 0.419 e. The Kier molecular flexibility index (Phi) is 3.66. The topological polar surface area (TPSA) is 38.0 Å². The predicted molar refractivity (Wildman–Crippen MR) is 59.9 cm³/mol. The fourth-order valence-electron chi connectivity index (χ4n) is 2.54. The number of nitrogens with zero attached hydrogens (tertiary/aromatic N) is 2. The third kappa shape index (κ3) is 2.68. The smallest absolute Gasteiger partial charge is 0.391 e. The van der Waals surface area contributed by atoms with Crippen molar-refractivity contribution in [1.29, 1.82) is 0 Å². The Bertz CT molecular complexity index is 402. The lowest BCUT2D eigenvalue weighted by Gasteiger charge is -2.33. The highest BCUT2D eigenvalue weighted by atomic mass is 19.4. The minimum Gasteiger partial charge on any atom is -0.391 e. The van der Waals surface area contributed by atoms with Crippen molar-refractivity contribution in [2.45, 2.75) is 50.9 Å². The van der Waals surface area contributed by atoms with E-state index >= 15 is 0 Å². The fraction of sp³-hybridized carbons (Fsp3) is 0.750. The van der Waals surface area contributed by atoms with Gasteiger partial charge in [-0.3, -0.25) is 4.68 Å². The van der Waals surface area contributed by atoms with E-state index in [1.165, 1.54) is 4.68 Å². The molecule has 0 saturated heterocycles. The second-order valence-electron chi connectivity index (χ2n) is 4.93. The Labute approximate surface area is 104 Å². The van der Waals surface area contributed by atoms with Crippen LogP contribution in [0.3, 0.4) is 0 Å². The van der Waals surface area contributed by atoms with E-state index in [2.05, 4.69) is 12.0 Å². The lowest BCUT2D eigenvalue weighted by molar-refractivity contribution is -0.137. The lowest BCUT2D eigenvalue weighted by Crippen LogP contribution is -2.31. The average molecular weight is 262 g/mol. The first-order valence-electron chi connectivity index (χ1n) is 6.21. The van der Waals surface area contributed by atoms with Crippen molar-refractivity contribution in [1.82, 2.24) is 9.78 Å². The summed E-state index contributed by atoms with van der Waals surface area (Å²) in [4.78, 5) is 0. The van der Waals surface area contributed by atoms with E-state index in [1.54, 1.807) is 0 Å². The van der Waals surface area contributed by atoms with Gasteiger partial charge in [0, 0.05) is 6.20 Å². The minimum atomic E-state index is -4.37. The predicted octanol–water partition coefficient (Wildman–Crippen LogP) is 3.01. The van der Waals surface area contributed by atoms with Crippen molar-refractivity contribution in [3.05, 3.63) is 18.0 Å². The number of aromatic nitrogens is 2. The third-order valence-electron chi connectivity index (χ3n) is 3.74. The molecule has 3 nitrogen and oxygen atoms in total. The van der Waals surface area contributed by atoms with Gasteiger partial charge in [-0.25, -0.2) is 0 Å². The molecule has 1 fully saturated rings. The summed E-state index contributed by atoms with van der Waals surface area (Å²) in [6.45, 7) is 2.06. The molecule has 1 aliphatic carbocycles. The van der Waals surface area contributed by atoms with Crippen molar-refractivity contribution in [3.63, 3.8) is 0 Å². The fourth-order valence-corrected chi connectivity index (χ4v) is 2.54. The van der Waals surface area contributed by atoms with E-state index in [0.29, 0.717) is 18.8 Å². The summed E-state index contributed by atoms with van der Waals surface area (Å²) in [6.07, 6.45) is 0.0731. The molecule has 3 atom stereocenters. The molecule has 2 rings (SSSR count). The molecular formula is C12H17F3N2O. The van der Waals surface area contributed by atoms with Gasteiger partial charge in [-0.2, -0.15) is 18.3 Å². The SMILES string of the molecule is CCC1CCC(O)C(n2cc(C(F)(F)F)cn2)C1. The summed E-state index contributed by atoms with van der Waals surface area (Å²) in [5, 5.41) is 13.7. The molecule has 18 heavy (non-hydrogen) atoms. The van der Waals surface area contributed by atoms with Crippen molar-refractivity contribution in [2.75, 3.05) is 0 Å². The van der Waals surface area contributed by atoms with Gasteiger partial charge in [0.05, 0.1) is 23.9 Å². The molecule has 0 radical (unpaired) electrons. The normalized spacial score (nSPS) is 29.5. The van der Waals surface area contributed by atoms with Crippen LogP contribution in [0.1, 0.15) is 44.2 Å². The number of hydrogen-bond acceptors (Lipinski definition) is 2. The minimum absolute atomic E-state index is 0.334. The molecule has 1 heterocycles. The van der Waals surface area contributed by atoms with E-state index in [0.717, 1.165) is 25.2 Å². The summed E-state index contributed by atoms with van der Waals surface area (Å²) >= 11 is 0. The van der Waals surface area contributed by atoms with Gasteiger partial charge >= 0.3 is 6.18 Å². The molecule has 102 valence electrons. The molecule has 3 unspecified atom stereocenters. The molecule has 1 aromatic heterocycles. The Morgan fingerprint density at radius 1 is 1.44 bits per heavy atom. The highest BCUT2D eigenvalue weighted by Crippen LogP contribution is 2.36. The van der Waals surface area contributed by atoms with Crippen LogP contribution in [0.15, 0.2) is 12.4 Å². The summed E-state index contributed by atoms with van der Waals surface area (Å²) in [6, 6.07) is -0.334. The first kappa shape index (κ1) is 13.4. The maximum absolute atomic E-state index is 12.5. The summed E-state index contributed by atoms with van der Waals surface area (Å²) in [7, 11) is 0. The molecule has 0 aromatic carbocycles. The van der Waals surface area contributed by atoms with Crippen LogP contribution in [0.25, 0.3) is 0 Å². The van der Waals surface area contributed by atoms with Gasteiger partial charge in [0.25, 0.3) is 0 Å². The van der Waals surface area contributed by atoms with E-state index in [9.17, 15) is 18.3 Å².